The number of rotatable bonds is 3. The molecule has 0 atom stereocenters. The molecule has 0 spiro atoms. The first-order chi connectivity index (χ1) is 9.06. The van der Waals surface area contributed by atoms with Crippen molar-refractivity contribution in [3.05, 3.63) is 63.6 Å². The zero-order valence-electron chi connectivity index (χ0n) is 9.50. The maximum absolute atomic E-state index is 13.3. The van der Waals surface area contributed by atoms with E-state index >= 15 is 0 Å². The number of nitrogens with zero attached hydrogens (tertiary/aromatic N) is 1. The van der Waals surface area contributed by atoms with Gasteiger partial charge in [0.1, 0.15) is 5.82 Å². The molecule has 0 bridgehead atoms. The van der Waals surface area contributed by atoms with Gasteiger partial charge in [-0.2, -0.15) is 5.10 Å². The average Bonchev–Trinajstić information content (AvgIpc) is 2.34. The molecule has 6 heteroatoms. The maximum Gasteiger partial charge on any atom is 0.151 e. The van der Waals surface area contributed by atoms with E-state index in [0.29, 0.717) is 15.6 Å². The van der Waals surface area contributed by atoms with Gasteiger partial charge in [-0.25, -0.2) is 8.78 Å². The van der Waals surface area contributed by atoms with Crippen LogP contribution < -0.4 is 5.43 Å². The molecule has 2 rings (SSSR count). The molecule has 19 heavy (non-hydrogen) atoms. The summed E-state index contributed by atoms with van der Waals surface area (Å²) in [6, 6.07) is 8.07. The fraction of sp³-hybridized carbons (Fsp3) is 0. The van der Waals surface area contributed by atoms with Gasteiger partial charge in [-0.05, 0) is 24.3 Å². The first-order valence-corrected chi connectivity index (χ1v) is 6.01. The fourth-order valence-corrected chi connectivity index (χ4v) is 1.82. The smallest absolute Gasteiger partial charge is 0.151 e. The lowest BCUT2D eigenvalue weighted by atomic mass is 10.2. The molecule has 1 N–H and O–H groups in total. The van der Waals surface area contributed by atoms with Crippen molar-refractivity contribution < 1.29 is 8.78 Å². The third-order valence-electron chi connectivity index (χ3n) is 2.28. The second-order valence-corrected chi connectivity index (χ2v) is 4.50. The topological polar surface area (TPSA) is 24.4 Å². The highest BCUT2D eigenvalue weighted by atomic mass is 35.5. The Balaban J connectivity index is 2.11. The zero-order valence-corrected chi connectivity index (χ0v) is 11.0. The lowest BCUT2D eigenvalue weighted by Crippen LogP contribution is -1.94. The maximum atomic E-state index is 13.3. The zero-order chi connectivity index (χ0) is 13.8. The Morgan fingerprint density at radius 1 is 1.05 bits per heavy atom. The van der Waals surface area contributed by atoms with Crippen molar-refractivity contribution in [2.24, 2.45) is 5.10 Å². The Morgan fingerprint density at radius 2 is 1.84 bits per heavy atom. The van der Waals surface area contributed by atoms with E-state index in [1.807, 2.05) is 0 Å². The molecule has 2 nitrogen and oxygen atoms in total. The predicted molar refractivity (Wildman–Crippen MR) is 74.0 cm³/mol. The molecule has 0 amide bonds. The van der Waals surface area contributed by atoms with Gasteiger partial charge in [-0.15, -0.1) is 0 Å². The molecular formula is C13H8Cl2F2N2. The highest BCUT2D eigenvalue weighted by Gasteiger charge is 2.02. The number of benzene rings is 2. The third-order valence-corrected chi connectivity index (χ3v) is 2.84. The van der Waals surface area contributed by atoms with Gasteiger partial charge < -0.3 is 0 Å². The predicted octanol–water partition coefficient (Wildman–Crippen LogP) is 4.72. The van der Waals surface area contributed by atoms with E-state index in [2.05, 4.69) is 10.5 Å². The summed E-state index contributed by atoms with van der Waals surface area (Å²) in [5, 5.41) is 4.77. The molecule has 0 radical (unpaired) electrons. The van der Waals surface area contributed by atoms with Crippen molar-refractivity contribution in [1.29, 1.82) is 0 Å². The van der Waals surface area contributed by atoms with Crippen molar-refractivity contribution in [1.82, 2.24) is 0 Å². The molecule has 2 aromatic carbocycles. The summed E-state index contributed by atoms with van der Waals surface area (Å²) >= 11 is 11.7. The van der Waals surface area contributed by atoms with E-state index in [-0.39, 0.29) is 5.69 Å². The lowest BCUT2D eigenvalue weighted by Gasteiger charge is -2.02. The Kier molecular flexibility index (Phi) is 4.35. The summed E-state index contributed by atoms with van der Waals surface area (Å²) in [4.78, 5) is 0. The van der Waals surface area contributed by atoms with Crippen LogP contribution in [0.1, 0.15) is 5.56 Å². The highest BCUT2D eigenvalue weighted by Crippen LogP contribution is 2.20. The molecule has 0 fully saturated rings. The molecule has 0 aliphatic heterocycles. The van der Waals surface area contributed by atoms with Crippen LogP contribution in [-0.2, 0) is 0 Å². The first kappa shape index (κ1) is 13.8. The second kappa shape index (κ2) is 5.99. The van der Waals surface area contributed by atoms with Gasteiger partial charge in [0.05, 0.1) is 16.9 Å². The van der Waals surface area contributed by atoms with Gasteiger partial charge in [0.15, 0.2) is 5.82 Å². The van der Waals surface area contributed by atoms with Crippen LogP contribution in [-0.4, -0.2) is 6.21 Å². The minimum Gasteiger partial charge on any atom is -0.276 e. The van der Waals surface area contributed by atoms with E-state index in [1.54, 1.807) is 18.2 Å². The molecule has 2 aromatic rings. The molecule has 0 aliphatic rings. The highest BCUT2D eigenvalue weighted by molar-refractivity contribution is 6.36. The average molecular weight is 301 g/mol. The summed E-state index contributed by atoms with van der Waals surface area (Å²) in [5.74, 6) is -1.37. The van der Waals surface area contributed by atoms with Crippen molar-refractivity contribution in [3.8, 4) is 0 Å². The number of hydrazone groups is 1. The normalized spacial score (nSPS) is 10.9. The Morgan fingerprint density at radius 3 is 2.53 bits per heavy atom. The lowest BCUT2D eigenvalue weighted by molar-refractivity contribution is 0.585. The van der Waals surface area contributed by atoms with E-state index < -0.39 is 11.6 Å². The molecular weight excluding hydrogens is 293 g/mol. The van der Waals surface area contributed by atoms with Crippen LogP contribution in [0.25, 0.3) is 0 Å². The van der Waals surface area contributed by atoms with Crippen LogP contribution in [0.2, 0.25) is 10.0 Å². The van der Waals surface area contributed by atoms with Gasteiger partial charge in [-0.1, -0.05) is 29.3 Å². The van der Waals surface area contributed by atoms with Gasteiger partial charge >= 0.3 is 0 Å². The van der Waals surface area contributed by atoms with E-state index in [0.717, 1.165) is 12.1 Å². The number of nitrogens with one attached hydrogen (secondary N) is 1. The Bertz CT molecular complexity index is 630. The van der Waals surface area contributed by atoms with Crippen LogP contribution in [0, 0.1) is 11.6 Å². The van der Waals surface area contributed by atoms with Crippen molar-refractivity contribution in [2.75, 3.05) is 5.43 Å². The molecule has 0 aromatic heterocycles. The van der Waals surface area contributed by atoms with Gasteiger partial charge in [-0.3, -0.25) is 5.43 Å². The Hall–Kier alpha value is -1.65. The first-order valence-electron chi connectivity index (χ1n) is 5.25. The number of hydrogen-bond acceptors (Lipinski definition) is 2. The van der Waals surface area contributed by atoms with Crippen molar-refractivity contribution in [3.63, 3.8) is 0 Å². The summed E-state index contributed by atoms with van der Waals surface area (Å²) in [5.41, 5.74) is 3.16. The number of anilines is 1. The molecule has 98 valence electrons. The monoisotopic (exact) mass is 300 g/mol. The van der Waals surface area contributed by atoms with Crippen molar-refractivity contribution in [2.45, 2.75) is 0 Å². The number of hydrogen-bond donors (Lipinski definition) is 1. The van der Waals surface area contributed by atoms with Crippen LogP contribution in [0.5, 0.6) is 0 Å². The van der Waals surface area contributed by atoms with Gasteiger partial charge in [0.25, 0.3) is 0 Å². The second-order valence-electron chi connectivity index (χ2n) is 3.66. The molecule has 0 aliphatic carbocycles. The molecule has 0 heterocycles. The number of halogens is 4. The third kappa shape index (κ3) is 3.66. The minimum absolute atomic E-state index is 0.0720. The van der Waals surface area contributed by atoms with Crippen LogP contribution in [0.3, 0.4) is 0 Å². The van der Waals surface area contributed by atoms with Crippen LogP contribution in [0.4, 0.5) is 14.5 Å². The van der Waals surface area contributed by atoms with Crippen LogP contribution >= 0.6 is 23.2 Å². The summed E-state index contributed by atoms with van der Waals surface area (Å²) in [6.45, 7) is 0. The SMILES string of the molecule is Fc1ccc(N/N=C\c2ccc(Cl)cc2Cl)c(F)c1. The molecule has 0 saturated carbocycles. The van der Waals surface area contributed by atoms with Crippen molar-refractivity contribution >= 4 is 35.1 Å². The van der Waals surface area contributed by atoms with Crippen LogP contribution in [0.15, 0.2) is 41.5 Å². The van der Waals surface area contributed by atoms with Gasteiger partial charge in [0.2, 0.25) is 0 Å². The quantitative estimate of drug-likeness (QED) is 0.644. The van der Waals surface area contributed by atoms with E-state index in [4.69, 9.17) is 23.2 Å². The molecule has 0 saturated heterocycles. The summed E-state index contributed by atoms with van der Waals surface area (Å²) in [6.07, 6.45) is 1.42. The van der Waals surface area contributed by atoms with E-state index in [9.17, 15) is 8.78 Å². The summed E-state index contributed by atoms with van der Waals surface area (Å²) in [7, 11) is 0. The molecule has 0 unspecified atom stereocenters. The Labute approximate surface area is 118 Å². The largest absolute Gasteiger partial charge is 0.276 e. The minimum atomic E-state index is -0.723. The van der Waals surface area contributed by atoms with Gasteiger partial charge in [0, 0.05) is 16.7 Å². The fourth-order valence-electron chi connectivity index (χ4n) is 1.36. The summed E-state index contributed by atoms with van der Waals surface area (Å²) < 4.78 is 26.0. The van der Waals surface area contributed by atoms with E-state index in [1.165, 1.54) is 12.3 Å². The standard InChI is InChI=1S/C13H8Cl2F2N2/c14-9-2-1-8(11(15)5-9)7-18-19-13-4-3-10(16)6-12(13)17/h1-7,19H/b18-7-.